The number of aromatic nitrogens is 2. The smallest absolute Gasteiger partial charge is 0.0917 e. The number of benzene rings is 3. The average Bonchev–Trinajstić information content (AvgIpc) is 2.96. The largest absolute Gasteiger partial charge is 0.252 e. The van der Waals surface area contributed by atoms with Gasteiger partial charge in [-0.3, -0.25) is 4.98 Å². The van der Waals surface area contributed by atoms with Crippen molar-refractivity contribution in [2.24, 2.45) is 0 Å². The third-order valence-electron chi connectivity index (χ3n) is 6.23. The fourth-order valence-electron chi connectivity index (χ4n) is 4.59. The van der Waals surface area contributed by atoms with Crippen LogP contribution in [0.25, 0.3) is 33.6 Å². The van der Waals surface area contributed by atoms with Crippen LogP contribution in [0.2, 0.25) is 0 Å². The zero-order valence-electron chi connectivity index (χ0n) is 17.3. The summed E-state index contributed by atoms with van der Waals surface area (Å²) in [5.74, 6) is 0. The number of fused-ring (bicyclic) bond motifs is 3. The van der Waals surface area contributed by atoms with Gasteiger partial charge in [-0.1, -0.05) is 74.5 Å². The first kappa shape index (κ1) is 17.8. The highest BCUT2D eigenvalue weighted by molar-refractivity contribution is 5.83. The molecule has 0 N–H and O–H groups in total. The highest BCUT2D eigenvalue weighted by Gasteiger charge is 2.35. The lowest BCUT2D eigenvalue weighted by Gasteiger charge is -2.21. The van der Waals surface area contributed by atoms with Crippen LogP contribution in [0, 0.1) is 13.8 Å². The van der Waals surface area contributed by atoms with Crippen LogP contribution in [-0.4, -0.2) is 9.97 Å². The third-order valence-corrected chi connectivity index (χ3v) is 6.23. The van der Waals surface area contributed by atoms with Gasteiger partial charge in [0.2, 0.25) is 0 Å². The summed E-state index contributed by atoms with van der Waals surface area (Å²) in [6.45, 7) is 8.77. The highest BCUT2D eigenvalue weighted by Crippen LogP contribution is 2.49. The van der Waals surface area contributed by atoms with Crippen molar-refractivity contribution in [1.29, 1.82) is 0 Å². The molecular formula is C27H24N2. The minimum absolute atomic E-state index is 0.00843. The minimum atomic E-state index is -0.00843. The molecule has 0 amide bonds. The topological polar surface area (TPSA) is 25.8 Å². The summed E-state index contributed by atoms with van der Waals surface area (Å²) in [5, 5.41) is 0. The lowest BCUT2D eigenvalue weighted by Crippen LogP contribution is -2.14. The molecule has 5 rings (SSSR count). The van der Waals surface area contributed by atoms with Gasteiger partial charge in [-0.15, -0.1) is 0 Å². The average molecular weight is 377 g/mol. The number of aryl methyl sites for hydroxylation is 2. The van der Waals surface area contributed by atoms with Crippen molar-refractivity contribution >= 4 is 0 Å². The van der Waals surface area contributed by atoms with Crippen molar-refractivity contribution < 1.29 is 0 Å². The van der Waals surface area contributed by atoms with Gasteiger partial charge in [-0.05, 0) is 47.7 Å². The molecule has 4 aromatic rings. The van der Waals surface area contributed by atoms with Crippen LogP contribution in [0.4, 0.5) is 0 Å². The van der Waals surface area contributed by atoms with E-state index >= 15 is 0 Å². The van der Waals surface area contributed by atoms with Crippen LogP contribution in [-0.2, 0) is 5.41 Å². The maximum atomic E-state index is 4.92. The van der Waals surface area contributed by atoms with E-state index in [0.717, 1.165) is 28.2 Å². The van der Waals surface area contributed by atoms with E-state index in [-0.39, 0.29) is 5.41 Å². The van der Waals surface area contributed by atoms with Gasteiger partial charge in [0, 0.05) is 16.5 Å². The van der Waals surface area contributed by atoms with Gasteiger partial charge >= 0.3 is 0 Å². The van der Waals surface area contributed by atoms with Crippen molar-refractivity contribution in [3.63, 3.8) is 0 Å². The predicted molar refractivity (Wildman–Crippen MR) is 120 cm³/mol. The zero-order chi connectivity index (χ0) is 20.2. The highest BCUT2D eigenvalue weighted by atomic mass is 14.8. The molecule has 0 spiro atoms. The van der Waals surface area contributed by atoms with Crippen molar-refractivity contribution in [2.45, 2.75) is 33.1 Å². The van der Waals surface area contributed by atoms with E-state index in [9.17, 15) is 0 Å². The van der Waals surface area contributed by atoms with Crippen LogP contribution in [0.1, 0.15) is 36.2 Å². The molecule has 2 heteroatoms. The Morgan fingerprint density at radius 3 is 2.17 bits per heavy atom. The van der Waals surface area contributed by atoms with E-state index in [4.69, 9.17) is 9.97 Å². The Kier molecular flexibility index (Phi) is 3.92. The number of nitrogens with zero attached hydrogens (tertiary/aromatic N) is 2. The summed E-state index contributed by atoms with van der Waals surface area (Å²) in [6.07, 6.45) is 1.91. The Morgan fingerprint density at radius 2 is 1.41 bits per heavy atom. The summed E-state index contributed by atoms with van der Waals surface area (Å²) in [6, 6.07) is 23.8. The van der Waals surface area contributed by atoms with Gasteiger partial charge in [0.15, 0.2) is 0 Å². The number of rotatable bonds is 2. The van der Waals surface area contributed by atoms with Crippen LogP contribution < -0.4 is 0 Å². The summed E-state index contributed by atoms with van der Waals surface area (Å²) in [7, 11) is 0. The molecule has 0 atom stereocenters. The second kappa shape index (κ2) is 6.38. The van der Waals surface area contributed by atoms with E-state index in [1.165, 1.54) is 27.8 Å². The van der Waals surface area contributed by atoms with Crippen LogP contribution >= 0.6 is 0 Å². The molecule has 0 radical (unpaired) electrons. The molecule has 0 bridgehead atoms. The summed E-state index contributed by atoms with van der Waals surface area (Å²) in [5.41, 5.74) is 11.7. The van der Waals surface area contributed by atoms with Crippen LogP contribution in [0.3, 0.4) is 0 Å². The maximum absolute atomic E-state index is 4.92. The molecule has 1 heterocycles. The standard InChI is InChI=1S/C27H24N2/c1-17-9-5-6-10-20(17)26-18(2)29-25(16-28-26)19-13-14-22-21-11-7-8-12-23(21)27(3,4)24(22)15-19/h5-16H,1-4H3. The first-order chi connectivity index (χ1) is 14.0. The Balaban J connectivity index is 1.60. The summed E-state index contributed by atoms with van der Waals surface area (Å²) < 4.78 is 0. The molecule has 0 saturated carbocycles. The molecular weight excluding hydrogens is 352 g/mol. The van der Waals surface area contributed by atoms with E-state index in [1.54, 1.807) is 0 Å². The second-order valence-electron chi connectivity index (χ2n) is 8.44. The normalized spacial score (nSPS) is 13.8. The molecule has 0 unspecified atom stereocenters. The zero-order valence-corrected chi connectivity index (χ0v) is 17.3. The van der Waals surface area contributed by atoms with Crippen LogP contribution in [0.5, 0.6) is 0 Å². The molecule has 1 aliphatic carbocycles. The molecule has 29 heavy (non-hydrogen) atoms. The third kappa shape index (κ3) is 2.71. The van der Waals surface area contributed by atoms with Gasteiger partial charge < -0.3 is 0 Å². The van der Waals surface area contributed by atoms with E-state index < -0.39 is 0 Å². The number of hydrogen-bond acceptors (Lipinski definition) is 2. The van der Waals surface area contributed by atoms with Crippen molar-refractivity contribution in [2.75, 3.05) is 0 Å². The van der Waals surface area contributed by atoms with E-state index in [2.05, 4.69) is 87.5 Å². The molecule has 0 fully saturated rings. The summed E-state index contributed by atoms with van der Waals surface area (Å²) in [4.78, 5) is 9.71. The second-order valence-corrected chi connectivity index (χ2v) is 8.44. The fourth-order valence-corrected chi connectivity index (χ4v) is 4.59. The van der Waals surface area contributed by atoms with Gasteiger partial charge in [-0.25, -0.2) is 4.98 Å². The Labute approximate surface area is 172 Å². The van der Waals surface area contributed by atoms with Crippen molar-refractivity contribution in [1.82, 2.24) is 9.97 Å². The molecule has 142 valence electrons. The van der Waals surface area contributed by atoms with Gasteiger partial charge in [0.25, 0.3) is 0 Å². The Bertz CT molecular complexity index is 1250. The Morgan fingerprint density at radius 1 is 0.724 bits per heavy atom. The van der Waals surface area contributed by atoms with Crippen molar-refractivity contribution in [3.05, 3.63) is 95.3 Å². The van der Waals surface area contributed by atoms with E-state index in [1.807, 2.05) is 13.1 Å². The SMILES string of the molecule is Cc1ccccc1-c1ncc(-c2ccc3c(c2)C(C)(C)c2ccccc2-3)nc1C. The van der Waals surface area contributed by atoms with Crippen LogP contribution in [0.15, 0.2) is 72.9 Å². The monoisotopic (exact) mass is 376 g/mol. The number of hydrogen-bond donors (Lipinski definition) is 0. The minimum Gasteiger partial charge on any atom is -0.252 e. The Hall–Kier alpha value is -3.26. The predicted octanol–water partition coefficient (Wildman–Crippen LogP) is 6.73. The molecule has 1 aliphatic rings. The van der Waals surface area contributed by atoms with Crippen molar-refractivity contribution in [3.8, 4) is 33.6 Å². The van der Waals surface area contributed by atoms with E-state index in [0.29, 0.717) is 0 Å². The first-order valence-electron chi connectivity index (χ1n) is 10.1. The van der Waals surface area contributed by atoms with Gasteiger partial charge in [0.05, 0.1) is 23.3 Å². The molecule has 0 aliphatic heterocycles. The molecule has 2 nitrogen and oxygen atoms in total. The van der Waals surface area contributed by atoms with Gasteiger partial charge in [-0.2, -0.15) is 0 Å². The lowest BCUT2D eigenvalue weighted by molar-refractivity contribution is 0.660. The molecule has 0 saturated heterocycles. The van der Waals surface area contributed by atoms with Gasteiger partial charge in [0.1, 0.15) is 0 Å². The first-order valence-corrected chi connectivity index (χ1v) is 10.1. The lowest BCUT2D eigenvalue weighted by atomic mass is 9.82. The maximum Gasteiger partial charge on any atom is 0.0917 e. The fraction of sp³-hybridized carbons (Fsp3) is 0.185. The quantitative estimate of drug-likeness (QED) is 0.387. The summed E-state index contributed by atoms with van der Waals surface area (Å²) >= 11 is 0. The molecule has 3 aromatic carbocycles. The molecule has 1 aromatic heterocycles.